The maximum Gasteiger partial charge on any atom is 0.0781 e. The molecule has 0 amide bonds. The van der Waals surface area contributed by atoms with Crippen LogP contribution < -0.4 is 5.32 Å². The molecule has 0 aliphatic heterocycles. The molecule has 0 heterocycles. The number of nitrogens with one attached hydrogen (secondary N) is 1. The van der Waals surface area contributed by atoms with Crippen LogP contribution in [-0.4, -0.2) is 0 Å². The average Bonchev–Trinajstić information content (AvgIpc) is 2.45. The fourth-order valence-electron chi connectivity index (χ4n) is 2.19. The summed E-state index contributed by atoms with van der Waals surface area (Å²) in [5, 5.41) is 4.90. The van der Waals surface area contributed by atoms with Gasteiger partial charge < -0.3 is 5.32 Å². The predicted octanol–water partition coefficient (Wildman–Crippen LogP) is 6.82. The number of benzene rings is 2. The van der Waals surface area contributed by atoms with Crippen LogP contribution in [0, 0.1) is 0 Å². The van der Waals surface area contributed by atoms with Crippen molar-refractivity contribution >= 4 is 50.7 Å². The SMILES string of the molecule is CC(NC(C)c1ccc(Cl)c(Cl)c1Cl)c1ccc(Br)cc1. The van der Waals surface area contributed by atoms with E-state index in [0.29, 0.717) is 15.1 Å². The third-order valence-corrected chi connectivity index (χ3v) is 5.24. The van der Waals surface area contributed by atoms with Crippen LogP contribution in [0.1, 0.15) is 37.1 Å². The van der Waals surface area contributed by atoms with Crippen molar-refractivity contribution in [1.29, 1.82) is 0 Å². The lowest BCUT2D eigenvalue weighted by atomic mass is 10.0. The normalized spacial score (nSPS) is 14.0. The van der Waals surface area contributed by atoms with Crippen molar-refractivity contribution in [3.05, 3.63) is 67.1 Å². The standard InChI is InChI=1S/C16H15BrCl3N/c1-9(11-3-5-12(17)6-4-11)21-10(2)13-7-8-14(18)16(20)15(13)19/h3-10,21H,1-2H3. The Kier molecular flexibility index (Phi) is 5.98. The molecule has 2 aromatic rings. The molecule has 0 saturated carbocycles. The summed E-state index contributed by atoms with van der Waals surface area (Å²) in [5.41, 5.74) is 2.15. The van der Waals surface area contributed by atoms with E-state index in [-0.39, 0.29) is 12.1 Å². The van der Waals surface area contributed by atoms with Gasteiger partial charge in [0.25, 0.3) is 0 Å². The molecule has 21 heavy (non-hydrogen) atoms. The van der Waals surface area contributed by atoms with E-state index in [9.17, 15) is 0 Å². The zero-order valence-corrected chi connectivity index (χ0v) is 15.5. The predicted molar refractivity (Wildman–Crippen MR) is 95.6 cm³/mol. The van der Waals surface area contributed by atoms with Crippen LogP contribution in [0.3, 0.4) is 0 Å². The second-order valence-corrected chi connectivity index (χ2v) is 7.00. The Balaban J connectivity index is 2.16. The molecular weight excluding hydrogens is 392 g/mol. The molecule has 1 nitrogen and oxygen atoms in total. The van der Waals surface area contributed by atoms with Crippen LogP contribution in [0.5, 0.6) is 0 Å². The van der Waals surface area contributed by atoms with Crippen molar-refractivity contribution in [2.75, 3.05) is 0 Å². The minimum atomic E-state index is 0.0610. The molecule has 0 spiro atoms. The fraction of sp³-hybridized carbons (Fsp3) is 0.250. The summed E-state index contributed by atoms with van der Waals surface area (Å²) in [4.78, 5) is 0. The van der Waals surface area contributed by atoms with E-state index in [2.05, 4.69) is 47.2 Å². The van der Waals surface area contributed by atoms with Crippen molar-refractivity contribution in [2.45, 2.75) is 25.9 Å². The Morgan fingerprint density at radius 3 is 2.10 bits per heavy atom. The van der Waals surface area contributed by atoms with Crippen molar-refractivity contribution in [2.24, 2.45) is 0 Å². The van der Waals surface area contributed by atoms with Crippen molar-refractivity contribution in [1.82, 2.24) is 5.32 Å². The molecule has 0 aliphatic rings. The summed E-state index contributed by atoms with van der Waals surface area (Å²) in [6.45, 7) is 4.17. The number of rotatable bonds is 4. The van der Waals surface area contributed by atoms with E-state index in [1.165, 1.54) is 5.56 Å². The van der Waals surface area contributed by atoms with E-state index < -0.39 is 0 Å². The van der Waals surface area contributed by atoms with E-state index in [1.807, 2.05) is 18.2 Å². The molecule has 0 bridgehead atoms. The van der Waals surface area contributed by atoms with Gasteiger partial charge in [0, 0.05) is 16.6 Å². The molecule has 0 saturated heterocycles. The molecule has 2 unspecified atom stereocenters. The molecule has 5 heteroatoms. The summed E-state index contributed by atoms with van der Waals surface area (Å²) in [7, 11) is 0. The molecule has 0 aromatic heterocycles. The van der Waals surface area contributed by atoms with Gasteiger partial charge in [0.15, 0.2) is 0 Å². The third kappa shape index (κ3) is 4.14. The third-order valence-electron chi connectivity index (χ3n) is 3.40. The molecule has 2 atom stereocenters. The van der Waals surface area contributed by atoms with Gasteiger partial charge in [-0.3, -0.25) is 0 Å². The summed E-state index contributed by atoms with van der Waals surface area (Å²) in [6.07, 6.45) is 0. The van der Waals surface area contributed by atoms with Gasteiger partial charge in [-0.25, -0.2) is 0 Å². The smallest absolute Gasteiger partial charge is 0.0781 e. The van der Waals surface area contributed by atoms with Crippen LogP contribution in [-0.2, 0) is 0 Å². The Labute approximate surface area is 148 Å². The molecule has 0 radical (unpaired) electrons. The summed E-state index contributed by atoms with van der Waals surface area (Å²) < 4.78 is 1.07. The largest absolute Gasteiger partial charge is 0.304 e. The van der Waals surface area contributed by atoms with Gasteiger partial charge in [-0.05, 0) is 43.2 Å². The minimum absolute atomic E-state index is 0.0610. The lowest BCUT2D eigenvalue weighted by Crippen LogP contribution is -2.22. The quantitative estimate of drug-likeness (QED) is 0.548. The molecule has 0 fully saturated rings. The molecular formula is C16H15BrCl3N. The zero-order valence-electron chi connectivity index (χ0n) is 11.6. The number of halogens is 4. The Hall–Kier alpha value is -0.250. The lowest BCUT2D eigenvalue weighted by Gasteiger charge is -2.22. The molecule has 1 N–H and O–H groups in total. The maximum absolute atomic E-state index is 6.28. The second kappa shape index (κ2) is 7.34. The van der Waals surface area contributed by atoms with Gasteiger partial charge in [0.2, 0.25) is 0 Å². The second-order valence-electron chi connectivity index (χ2n) is 4.93. The first-order valence-corrected chi connectivity index (χ1v) is 8.47. The number of hydrogen-bond acceptors (Lipinski definition) is 1. The molecule has 0 aliphatic carbocycles. The van der Waals surface area contributed by atoms with Gasteiger partial charge >= 0.3 is 0 Å². The van der Waals surface area contributed by atoms with E-state index >= 15 is 0 Å². The van der Waals surface area contributed by atoms with Gasteiger partial charge in [-0.2, -0.15) is 0 Å². The maximum atomic E-state index is 6.28. The van der Waals surface area contributed by atoms with Crippen LogP contribution in [0.15, 0.2) is 40.9 Å². The van der Waals surface area contributed by atoms with Crippen LogP contribution in [0.2, 0.25) is 15.1 Å². The van der Waals surface area contributed by atoms with Crippen LogP contribution in [0.4, 0.5) is 0 Å². The summed E-state index contributed by atoms with van der Waals surface area (Å²) in [6, 6.07) is 12.2. The van der Waals surface area contributed by atoms with Gasteiger partial charge in [0.05, 0.1) is 15.1 Å². The van der Waals surface area contributed by atoms with Crippen molar-refractivity contribution in [3.8, 4) is 0 Å². The van der Waals surface area contributed by atoms with Crippen molar-refractivity contribution in [3.63, 3.8) is 0 Å². The molecule has 112 valence electrons. The van der Waals surface area contributed by atoms with Gasteiger partial charge in [-0.1, -0.05) is 68.9 Å². The summed E-state index contributed by atoms with van der Waals surface area (Å²) in [5.74, 6) is 0. The lowest BCUT2D eigenvalue weighted by molar-refractivity contribution is 0.495. The Bertz CT molecular complexity index is 628. The zero-order chi connectivity index (χ0) is 15.6. The highest BCUT2D eigenvalue weighted by molar-refractivity contribution is 9.10. The highest BCUT2D eigenvalue weighted by Gasteiger charge is 2.16. The van der Waals surface area contributed by atoms with Gasteiger partial charge in [0.1, 0.15) is 0 Å². The topological polar surface area (TPSA) is 12.0 Å². The first kappa shape index (κ1) is 17.1. The monoisotopic (exact) mass is 405 g/mol. The number of hydrogen-bond donors (Lipinski definition) is 1. The summed E-state index contributed by atoms with van der Waals surface area (Å²) >= 11 is 21.8. The van der Waals surface area contributed by atoms with E-state index in [1.54, 1.807) is 6.07 Å². The van der Waals surface area contributed by atoms with Crippen LogP contribution in [0.25, 0.3) is 0 Å². The molecule has 2 aromatic carbocycles. The van der Waals surface area contributed by atoms with E-state index in [4.69, 9.17) is 34.8 Å². The fourth-order valence-corrected chi connectivity index (χ4v) is 3.16. The highest BCUT2D eigenvalue weighted by Crippen LogP contribution is 2.36. The molecule has 2 rings (SSSR count). The van der Waals surface area contributed by atoms with Crippen LogP contribution >= 0.6 is 50.7 Å². The first-order chi connectivity index (χ1) is 9.90. The van der Waals surface area contributed by atoms with E-state index in [0.717, 1.165) is 10.0 Å². The van der Waals surface area contributed by atoms with Crippen molar-refractivity contribution < 1.29 is 0 Å². The minimum Gasteiger partial charge on any atom is -0.304 e. The van der Waals surface area contributed by atoms with Gasteiger partial charge in [-0.15, -0.1) is 0 Å². The average molecular weight is 408 g/mol. The Morgan fingerprint density at radius 2 is 1.48 bits per heavy atom. The highest BCUT2D eigenvalue weighted by atomic mass is 79.9. The first-order valence-electron chi connectivity index (χ1n) is 6.55. The Morgan fingerprint density at radius 1 is 0.857 bits per heavy atom.